The van der Waals surface area contributed by atoms with E-state index in [0.29, 0.717) is 0 Å². The molecular formula is C15H18N2S. The quantitative estimate of drug-likeness (QED) is 0.489. The zero-order valence-corrected chi connectivity index (χ0v) is 11.1. The summed E-state index contributed by atoms with van der Waals surface area (Å²) >= 11 is 1.81. The van der Waals surface area contributed by atoms with E-state index in [1.165, 1.54) is 10.5 Å². The van der Waals surface area contributed by atoms with Gasteiger partial charge in [0, 0.05) is 16.3 Å². The molecule has 0 heterocycles. The van der Waals surface area contributed by atoms with Crippen LogP contribution in [0.3, 0.4) is 0 Å². The summed E-state index contributed by atoms with van der Waals surface area (Å²) in [7, 11) is 0. The Morgan fingerprint density at radius 3 is 2.56 bits per heavy atom. The highest BCUT2D eigenvalue weighted by atomic mass is 32.2. The highest BCUT2D eigenvalue weighted by molar-refractivity contribution is 7.99. The maximum atomic E-state index is 5.90. The highest BCUT2D eigenvalue weighted by Crippen LogP contribution is 2.25. The molecule has 3 heteroatoms. The van der Waals surface area contributed by atoms with Gasteiger partial charge in [-0.05, 0) is 48.4 Å². The number of nitrogens with two attached hydrogens (primary N) is 2. The summed E-state index contributed by atoms with van der Waals surface area (Å²) in [5.41, 5.74) is 14.7. The third-order valence-corrected chi connectivity index (χ3v) is 3.91. The van der Waals surface area contributed by atoms with Gasteiger partial charge >= 0.3 is 0 Å². The fourth-order valence-electron chi connectivity index (χ4n) is 1.82. The molecule has 0 aliphatic heterocycles. The Labute approximate surface area is 112 Å². The largest absolute Gasteiger partial charge is 0.399 e. The molecule has 0 saturated carbocycles. The van der Waals surface area contributed by atoms with E-state index >= 15 is 0 Å². The SMILES string of the molecule is Nc1cccc(CCCSc2ccccc2N)c1. The number of anilines is 2. The lowest BCUT2D eigenvalue weighted by Crippen LogP contribution is -1.92. The van der Waals surface area contributed by atoms with Crippen molar-refractivity contribution in [3.8, 4) is 0 Å². The normalized spacial score (nSPS) is 10.4. The summed E-state index contributed by atoms with van der Waals surface area (Å²) in [6.45, 7) is 0. The van der Waals surface area contributed by atoms with Crippen molar-refractivity contribution in [2.45, 2.75) is 17.7 Å². The first kappa shape index (κ1) is 12.8. The van der Waals surface area contributed by atoms with Crippen molar-refractivity contribution in [3.05, 3.63) is 54.1 Å². The lowest BCUT2D eigenvalue weighted by Gasteiger charge is -2.05. The standard InChI is InChI=1S/C15H18N2S/c16-13-7-3-5-12(11-13)6-4-10-18-15-9-2-1-8-14(15)17/h1-3,5,7-9,11H,4,6,10,16-17H2. The number of aryl methyl sites for hydroxylation is 1. The van der Waals surface area contributed by atoms with E-state index in [4.69, 9.17) is 11.5 Å². The molecule has 18 heavy (non-hydrogen) atoms. The number of benzene rings is 2. The topological polar surface area (TPSA) is 52.0 Å². The molecule has 0 aromatic heterocycles. The Kier molecular flexibility index (Phi) is 4.53. The molecule has 0 radical (unpaired) electrons. The minimum absolute atomic E-state index is 0.840. The third kappa shape index (κ3) is 3.70. The number of para-hydroxylation sites is 1. The molecule has 2 rings (SSSR count). The number of hydrogen-bond donors (Lipinski definition) is 2. The van der Waals surface area contributed by atoms with Crippen LogP contribution in [0.1, 0.15) is 12.0 Å². The lowest BCUT2D eigenvalue weighted by atomic mass is 10.1. The summed E-state index contributed by atoms with van der Waals surface area (Å²) in [6, 6.07) is 16.1. The van der Waals surface area contributed by atoms with Crippen molar-refractivity contribution in [1.82, 2.24) is 0 Å². The zero-order chi connectivity index (χ0) is 12.8. The second kappa shape index (κ2) is 6.36. The van der Waals surface area contributed by atoms with Gasteiger partial charge < -0.3 is 11.5 Å². The summed E-state index contributed by atoms with van der Waals surface area (Å²) in [6.07, 6.45) is 2.19. The molecule has 0 unspecified atom stereocenters. The van der Waals surface area contributed by atoms with Crippen LogP contribution in [-0.4, -0.2) is 5.75 Å². The van der Waals surface area contributed by atoms with E-state index in [1.54, 1.807) is 0 Å². The average Bonchev–Trinajstić information content (AvgIpc) is 2.37. The molecule has 2 aromatic carbocycles. The fraction of sp³-hybridized carbons (Fsp3) is 0.200. The van der Waals surface area contributed by atoms with Gasteiger partial charge in [0.1, 0.15) is 0 Å². The minimum Gasteiger partial charge on any atom is -0.399 e. The Morgan fingerprint density at radius 2 is 1.78 bits per heavy atom. The number of nitrogen functional groups attached to an aromatic ring is 2. The van der Waals surface area contributed by atoms with Crippen LogP contribution < -0.4 is 11.5 Å². The van der Waals surface area contributed by atoms with Crippen LogP contribution in [0, 0.1) is 0 Å². The number of thioether (sulfide) groups is 1. The Hall–Kier alpha value is -1.61. The molecule has 0 amide bonds. The first-order valence-electron chi connectivity index (χ1n) is 6.07. The van der Waals surface area contributed by atoms with Gasteiger partial charge in [-0.3, -0.25) is 0 Å². The summed E-state index contributed by atoms with van der Waals surface area (Å²) in [4.78, 5) is 1.17. The van der Waals surface area contributed by atoms with E-state index < -0.39 is 0 Å². The van der Waals surface area contributed by atoms with Gasteiger partial charge in [-0.25, -0.2) is 0 Å². The molecular weight excluding hydrogens is 240 g/mol. The average molecular weight is 258 g/mol. The van der Waals surface area contributed by atoms with Crippen LogP contribution in [0.25, 0.3) is 0 Å². The predicted octanol–water partition coefficient (Wildman–Crippen LogP) is 3.58. The number of rotatable bonds is 5. The van der Waals surface area contributed by atoms with Crippen molar-refractivity contribution in [3.63, 3.8) is 0 Å². The van der Waals surface area contributed by atoms with Gasteiger partial charge in [-0.1, -0.05) is 24.3 Å². The van der Waals surface area contributed by atoms with Crippen LogP contribution >= 0.6 is 11.8 Å². The molecule has 0 fully saturated rings. The smallest absolute Gasteiger partial charge is 0.0452 e. The van der Waals surface area contributed by atoms with Gasteiger partial charge in [0.15, 0.2) is 0 Å². The number of hydrogen-bond acceptors (Lipinski definition) is 3. The maximum absolute atomic E-state index is 5.90. The van der Waals surface area contributed by atoms with Crippen LogP contribution in [0.4, 0.5) is 11.4 Å². The van der Waals surface area contributed by atoms with Crippen LogP contribution in [0.5, 0.6) is 0 Å². The van der Waals surface area contributed by atoms with Gasteiger partial charge in [-0.15, -0.1) is 11.8 Å². The Morgan fingerprint density at radius 1 is 0.944 bits per heavy atom. The van der Waals surface area contributed by atoms with Crippen molar-refractivity contribution in [1.29, 1.82) is 0 Å². The molecule has 0 aliphatic carbocycles. The molecule has 0 saturated heterocycles. The molecule has 94 valence electrons. The summed E-state index contributed by atoms with van der Waals surface area (Å²) < 4.78 is 0. The van der Waals surface area contributed by atoms with E-state index in [1.807, 2.05) is 48.2 Å². The predicted molar refractivity (Wildman–Crippen MR) is 80.8 cm³/mol. The van der Waals surface area contributed by atoms with E-state index in [9.17, 15) is 0 Å². The third-order valence-electron chi connectivity index (χ3n) is 2.74. The molecule has 2 nitrogen and oxygen atoms in total. The molecule has 4 N–H and O–H groups in total. The lowest BCUT2D eigenvalue weighted by molar-refractivity contribution is 0.934. The molecule has 0 aliphatic rings. The Balaban J connectivity index is 1.78. The van der Waals surface area contributed by atoms with Crippen molar-refractivity contribution in [2.75, 3.05) is 17.2 Å². The second-order valence-electron chi connectivity index (χ2n) is 4.23. The van der Waals surface area contributed by atoms with Gasteiger partial charge in [-0.2, -0.15) is 0 Å². The van der Waals surface area contributed by atoms with Crippen molar-refractivity contribution < 1.29 is 0 Å². The molecule has 0 bridgehead atoms. The maximum Gasteiger partial charge on any atom is 0.0452 e. The van der Waals surface area contributed by atoms with Crippen LogP contribution in [-0.2, 0) is 6.42 Å². The second-order valence-corrected chi connectivity index (χ2v) is 5.37. The first-order chi connectivity index (χ1) is 8.75. The summed E-state index contributed by atoms with van der Waals surface area (Å²) in [5, 5.41) is 0. The monoisotopic (exact) mass is 258 g/mol. The van der Waals surface area contributed by atoms with E-state index in [-0.39, 0.29) is 0 Å². The first-order valence-corrected chi connectivity index (χ1v) is 7.06. The van der Waals surface area contributed by atoms with E-state index in [2.05, 4.69) is 12.1 Å². The highest BCUT2D eigenvalue weighted by Gasteiger charge is 1.99. The van der Waals surface area contributed by atoms with Crippen molar-refractivity contribution in [2.24, 2.45) is 0 Å². The fourth-order valence-corrected chi connectivity index (χ4v) is 2.74. The van der Waals surface area contributed by atoms with Gasteiger partial charge in [0.2, 0.25) is 0 Å². The van der Waals surface area contributed by atoms with Crippen LogP contribution in [0.2, 0.25) is 0 Å². The zero-order valence-electron chi connectivity index (χ0n) is 10.3. The molecule has 0 spiro atoms. The minimum atomic E-state index is 0.840. The van der Waals surface area contributed by atoms with Gasteiger partial charge in [0.05, 0.1) is 0 Å². The summed E-state index contributed by atoms with van der Waals surface area (Å²) in [5.74, 6) is 1.07. The molecule has 2 aromatic rings. The van der Waals surface area contributed by atoms with Crippen LogP contribution in [0.15, 0.2) is 53.4 Å². The van der Waals surface area contributed by atoms with Crippen molar-refractivity contribution >= 4 is 23.1 Å². The van der Waals surface area contributed by atoms with Gasteiger partial charge in [0.25, 0.3) is 0 Å². The van der Waals surface area contributed by atoms with E-state index in [0.717, 1.165) is 30.0 Å². The Bertz CT molecular complexity index is 511. The molecule has 0 atom stereocenters.